The molecule has 0 saturated carbocycles. The first-order valence-electron chi connectivity index (χ1n) is 6.71. The molecule has 1 unspecified atom stereocenters. The summed E-state index contributed by atoms with van der Waals surface area (Å²) < 4.78 is 5.24. The van der Waals surface area contributed by atoms with Crippen LogP contribution in [0.25, 0.3) is 0 Å². The molecule has 19 heavy (non-hydrogen) atoms. The van der Waals surface area contributed by atoms with Crippen LogP contribution in [0.2, 0.25) is 0 Å². The fraction of sp³-hybridized carbons (Fsp3) is 0.533. The molecule has 1 saturated heterocycles. The molecule has 4 nitrogen and oxygen atoms in total. The van der Waals surface area contributed by atoms with E-state index >= 15 is 0 Å². The quantitative estimate of drug-likeness (QED) is 0.877. The van der Waals surface area contributed by atoms with Crippen molar-refractivity contribution in [2.75, 3.05) is 18.5 Å². The minimum atomic E-state index is -0.892. The third-order valence-corrected chi connectivity index (χ3v) is 3.67. The van der Waals surface area contributed by atoms with Crippen LogP contribution >= 0.6 is 0 Å². The highest BCUT2D eigenvalue weighted by Gasteiger charge is 2.38. The first kappa shape index (κ1) is 14.0. The van der Waals surface area contributed by atoms with Crippen LogP contribution in [-0.2, 0) is 9.53 Å². The summed E-state index contributed by atoms with van der Waals surface area (Å²) in [5, 5.41) is 3.00. The Morgan fingerprint density at radius 3 is 2.79 bits per heavy atom. The molecule has 1 aliphatic rings. The summed E-state index contributed by atoms with van der Waals surface area (Å²) >= 11 is 0. The average Bonchev–Trinajstić information content (AvgIpc) is 2.79. The maximum atomic E-state index is 12.3. The van der Waals surface area contributed by atoms with Crippen molar-refractivity contribution in [1.29, 1.82) is 0 Å². The molecule has 1 heterocycles. The Labute approximate surface area is 114 Å². The number of nitrogens with one attached hydrogen (secondary N) is 1. The van der Waals surface area contributed by atoms with Gasteiger partial charge in [-0.15, -0.1) is 0 Å². The van der Waals surface area contributed by atoms with Crippen LogP contribution in [0.15, 0.2) is 18.2 Å². The van der Waals surface area contributed by atoms with Crippen molar-refractivity contribution >= 4 is 11.6 Å². The van der Waals surface area contributed by atoms with Gasteiger partial charge in [0.1, 0.15) is 5.54 Å². The number of ether oxygens (including phenoxy) is 1. The second-order valence-electron chi connectivity index (χ2n) is 5.61. The molecular weight excluding hydrogens is 240 g/mol. The SMILES string of the molecule is Cc1cccc(C(C)C)c1NC(=O)C1(N)CCOC1. The zero-order valence-electron chi connectivity index (χ0n) is 11.8. The molecule has 1 aromatic rings. The number of anilines is 1. The van der Waals surface area contributed by atoms with Crippen LogP contribution < -0.4 is 11.1 Å². The van der Waals surface area contributed by atoms with Gasteiger partial charge in [-0.1, -0.05) is 32.0 Å². The van der Waals surface area contributed by atoms with Crippen molar-refractivity contribution in [2.45, 2.75) is 38.6 Å². The van der Waals surface area contributed by atoms with Gasteiger partial charge in [-0.3, -0.25) is 4.79 Å². The number of para-hydroxylation sites is 1. The van der Waals surface area contributed by atoms with Gasteiger partial charge in [-0.2, -0.15) is 0 Å². The van der Waals surface area contributed by atoms with Crippen LogP contribution in [0.1, 0.15) is 37.3 Å². The third-order valence-electron chi connectivity index (χ3n) is 3.67. The van der Waals surface area contributed by atoms with E-state index in [1.54, 1.807) is 0 Å². The van der Waals surface area contributed by atoms with Crippen molar-refractivity contribution in [1.82, 2.24) is 0 Å². The first-order valence-corrected chi connectivity index (χ1v) is 6.71. The standard InChI is InChI=1S/C15H22N2O2/c1-10(2)12-6-4-5-11(3)13(12)17-14(18)15(16)7-8-19-9-15/h4-6,10H,7-9,16H2,1-3H3,(H,17,18). The number of amides is 1. The van der Waals surface area contributed by atoms with Crippen LogP contribution in [0.4, 0.5) is 5.69 Å². The Morgan fingerprint density at radius 2 is 2.21 bits per heavy atom. The fourth-order valence-corrected chi connectivity index (χ4v) is 2.34. The second kappa shape index (κ2) is 5.31. The van der Waals surface area contributed by atoms with Gasteiger partial charge in [0.2, 0.25) is 5.91 Å². The highest BCUT2D eigenvalue weighted by molar-refractivity contribution is 5.99. The number of carbonyl (C=O) groups is 1. The molecule has 1 aliphatic heterocycles. The maximum absolute atomic E-state index is 12.3. The van der Waals surface area contributed by atoms with Gasteiger partial charge in [-0.05, 0) is 30.4 Å². The van der Waals surface area contributed by atoms with Crippen molar-refractivity contribution in [2.24, 2.45) is 5.73 Å². The van der Waals surface area contributed by atoms with E-state index in [-0.39, 0.29) is 5.91 Å². The predicted octanol–water partition coefficient (Wildman–Crippen LogP) is 2.17. The van der Waals surface area contributed by atoms with Gasteiger partial charge < -0.3 is 15.8 Å². The lowest BCUT2D eigenvalue weighted by Gasteiger charge is -2.23. The van der Waals surface area contributed by atoms with Gasteiger partial charge in [0.05, 0.1) is 6.61 Å². The number of aryl methyl sites for hydroxylation is 1. The predicted molar refractivity (Wildman–Crippen MR) is 76.3 cm³/mol. The Bertz CT molecular complexity index is 477. The number of hydrogen-bond donors (Lipinski definition) is 2. The molecule has 0 bridgehead atoms. The summed E-state index contributed by atoms with van der Waals surface area (Å²) in [6.45, 7) is 7.06. The third kappa shape index (κ3) is 2.80. The molecule has 4 heteroatoms. The number of hydrogen-bond acceptors (Lipinski definition) is 3. The Kier molecular flexibility index (Phi) is 3.92. The molecular formula is C15H22N2O2. The van der Waals surface area contributed by atoms with Gasteiger partial charge in [-0.25, -0.2) is 0 Å². The summed E-state index contributed by atoms with van der Waals surface area (Å²) in [5.41, 5.74) is 8.28. The van der Waals surface area contributed by atoms with Gasteiger partial charge >= 0.3 is 0 Å². The summed E-state index contributed by atoms with van der Waals surface area (Å²) in [5.74, 6) is 0.199. The van der Waals surface area contributed by atoms with E-state index in [1.807, 2.05) is 25.1 Å². The molecule has 1 aromatic carbocycles. The number of nitrogens with two attached hydrogens (primary N) is 1. The molecule has 104 valence electrons. The van der Waals surface area contributed by atoms with E-state index in [2.05, 4.69) is 19.2 Å². The average molecular weight is 262 g/mol. The Hall–Kier alpha value is -1.39. The zero-order valence-corrected chi connectivity index (χ0v) is 11.8. The number of carbonyl (C=O) groups excluding carboxylic acids is 1. The fourth-order valence-electron chi connectivity index (χ4n) is 2.34. The highest BCUT2D eigenvalue weighted by Crippen LogP contribution is 2.28. The lowest BCUT2D eigenvalue weighted by Crippen LogP contribution is -2.51. The lowest BCUT2D eigenvalue weighted by atomic mass is 9.95. The van der Waals surface area contributed by atoms with E-state index < -0.39 is 5.54 Å². The van der Waals surface area contributed by atoms with Crippen LogP contribution in [0.3, 0.4) is 0 Å². The van der Waals surface area contributed by atoms with Crippen LogP contribution in [0.5, 0.6) is 0 Å². The molecule has 2 rings (SSSR count). The summed E-state index contributed by atoms with van der Waals surface area (Å²) in [7, 11) is 0. The first-order chi connectivity index (χ1) is 8.94. The minimum absolute atomic E-state index is 0.152. The van der Waals surface area contributed by atoms with E-state index in [1.165, 1.54) is 0 Å². The molecule has 0 aliphatic carbocycles. The molecule has 1 amide bonds. The van der Waals surface area contributed by atoms with Gasteiger partial charge in [0.15, 0.2) is 0 Å². The van der Waals surface area contributed by atoms with Gasteiger partial charge in [0, 0.05) is 12.3 Å². The Morgan fingerprint density at radius 1 is 1.47 bits per heavy atom. The van der Waals surface area contributed by atoms with Crippen LogP contribution in [0, 0.1) is 6.92 Å². The summed E-state index contributed by atoms with van der Waals surface area (Å²) in [4.78, 5) is 12.3. The largest absolute Gasteiger partial charge is 0.379 e. The molecule has 1 atom stereocenters. The monoisotopic (exact) mass is 262 g/mol. The molecule has 0 aromatic heterocycles. The van der Waals surface area contributed by atoms with Crippen molar-refractivity contribution in [3.8, 4) is 0 Å². The normalized spacial score (nSPS) is 22.8. The molecule has 3 N–H and O–H groups in total. The number of rotatable bonds is 3. The van der Waals surface area contributed by atoms with Crippen LogP contribution in [-0.4, -0.2) is 24.7 Å². The van der Waals surface area contributed by atoms with E-state index in [9.17, 15) is 4.79 Å². The lowest BCUT2D eigenvalue weighted by molar-refractivity contribution is -0.121. The van der Waals surface area contributed by atoms with Gasteiger partial charge in [0.25, 0.3) is 0 Å². The number of benzene rings is 1. The zero-order chi connectivity index (χ0) is 14.0. The van der Waals surface area contributed by atoms with E-state index in [0.29, 0.717) is 25.6 Å². The molecule has 0 spiro atoms. The minimum Gasteiger partial charge on any atom is -0.379 e. The van der Waals surface area contributed by atoms with Crippen molar-refractivity contribution in [3.05, 3.63) is 29.3 Å². The summed E-state index contributed by atoms with van der Waals surface area (Å²) in [6.07, 6.45) is 0.571. The van der Waals surface area contributed by atoms with Crippen molar-refractivity contribution in [3.63, 3.8) is 0 Å². The molecule has 0 radical (unpaired) electrons. The maximum Gasteiger partial charge on any atom is 0.246 e. The van der Waals surface area contributed by atoms with E-state index in [4.69, 9.17) is 10.5 Å². The van der Waals surface area contributed by atoms with E-state index in [0.717, 1.165) is 16.8 Å². The molecule has 1 fully saturated rings. The Balaban J connectivity index is 2.26. The summed E-state index contributed by atoms with van der Waals surface area (Å²) in [6, 6.07) is 6.05. The highest BCUT2D eigenvalue weighted by atomic mass is 16.5. The topological polar surface area (TPSA) is 64.4 Å². The van der Waals surface area contributed by atoms with Crippen molar-refractivity contribution < 1.29 is 9.53 Å². The second-order valence-corrected chi connectivity index (χ2v) is 5.61. The smallest absolute Gasteiger partial charge is 0.246 e.